The van der Waals surface area contributed by atoms with Crippen molar-refractivity contribution in [1.29, 1.82) is 0 Å². The lowest BCUT2D eigenvalue weighted by molar-refractivity contribution is 0.258. The van der Waals surface area contributed by atoms with Crippen molar-refractivity contribution in [2.24, 2.45) is 0 Å². The molecule has 2 amide bonds. The molecule has 4 heteroatoms. The highest BCUT2D eigenvalue weighted by Crippen LogP contribution is 2.21. The maximum absolute atomic E-state index is 12.1. The maximum Gasteiger partial charge on any atom is 0.326 e. The number of halogens is 1. The fraction of sp³-hybridized carbons (Fsp3) is 0.0714. The summed E-state index contributed by atoms with van der Waals surface area (Å²) in [5.74, 6) is 0. The zero-order chi connectivity index (χ0) is 13.0. The quantitative estimate of drug-likeness (QED) is 0.816. The molecule has 92 valence electrons. The molecule has 3 nitrogen and oxygen atoms in total. The Kier molecular flexibility index (Phi) is 4.19. The number of carbonyl (C=O) groups is 1. The summed E-state index contributed by atoms with van der Waals surface area (Å²) in [6.45, 7) is 0. The number of urea groups is 1. The number of para-hydroxylation sites is 2. The van der Waals surface area contributed by atoms with E-state index in [0.717, 1.165) is 14.9 Å². The van der Waals surface area contributed by atoms with Crippen molar-refractivity contribution in [2.45, 2.75) is 0 Å². The van der Waals surface area contributed by atoms with Gasteiger partial charge in [0.1, 0.15) is 0 Å². The Morgan fingerprint density at radius 1 is 1.06 bits per heavy atom. The van der Waals surface area contributed by atoms with Gasteiger partial charge in [-0.15, -0.1) is 0 Å². The van der Waals surface area contributed by atoms with Gasteiger partial charge in [-0.25, -0.2) is 4.79 Å². The molecule has 0 aliphatic carbocycles. The monoisotopic (exact) mass is 352 g/mol. The van der Waals surface area contributed by atoms with Gasteiger partial charge in [-0.1, -0.05) is 30.3 Å². The second-order valence-electron chi connectivity index (χ2n) is 3.81. The van der Waals surface area contributed by atoms with Crippen molar-refractivity contribution in [3.05, 3.63) is 58.2 Å². The Balaban J connectivity index is 2.13. The van der Waals surface area contributed by atoms with E-state index in [1.165, 1.54) is 0 Å². The predicted octanol–water partition coefficient (Wildman–Crippen LogP) is 3.96. The third-order valence-electron chi connectivity index (χ3n) is 2.54. The minimum atomic E-state index is -0.148. The van der Waals surface area contributed by atoms with Crippen molar-refractivity contribution in [3.63, 3.8) is 0 Å². The van der Waals surface area contributed by atoms with Crippen molar-refractivity contribution in [3.8, 4) is 0 Å². The largest absolute Gasteiger partial charge is 0.326 e. The molecule has 0 fully saturated rings. The fourth-order valence-electron chi connectivity index (χ4n) is 1.56. The number of hydrogen-bond acceptors (Lipinski definition) is 1. The molecule has 0 unspecified atom stereocenters. The van der Waals surface area contributed by atoms with E-state index in [9.17, 15) is 4.79 Å². The average Bonchev–Trinajstić information content (AvgIpc) is 2.39. The van der Waals surface area contributed by atoms with Crippen LogP contribution in [0.2, 0.25) is 0 Å². The van der Waals surface area contributed by atoms with Gasteiger partial charge in [-0.3, -0.25) is 4.90 Å². The van der Waals surface area contributed by atoms with Gasteiger partial charge in [-0.2, -0.15) is 0 Å². The van der Waals surface area contributed by atoms with E-state index in [1.807, 2.05) is 54.6 Å². The molecular weight excluding hydrogens is 339 g/mol. The summed E-state index contributed by atoms with van der Waals surface area (Å²) < 4.78 is 1.04. The van der Waals surface area contributed by atoms with Crippen molar-refractivity contribution >= 4 is 40.0 Å². The maximum atomic E-state index is 12.1. The first kappa shape index (κ1) is 12.9. The van der Waals surface area contributed by atoms with E-state index in [4.69, 9.17) is 0 Å². The molecular formula is C14H13IN2O. The summed E-state index contributed by atoms with van der Waals surface area (Å²) in [5, 5.41) is 2.85. The standard InChI is InChI=1S/C14H13IN2O/c1-17(13-10-6-5-9-12(13)15)14(18)16-11-7-3-2-4-8-11/h2-10H,1H3,(H,16,18). The Morgan fingerprint density at radius 2 is 1.67 bits per heavy atom. The number of amides is 2. The molecule has 0 aliphatic heterocycles. The molecule has 0 saturated carbocycles. The molecule has 2 aromatic carbocycles. The number of nitrogens with zero attached hydrogens (tertiary/aromatic N) is 1. The lowest BCUT2D eigenvalue weighted by atomic mass is 10.3. The first-order chi connectivity index (χ1) is 8.68. The Hall–Kier alpha value is -1.56. The van der Waals surface area contributed by atoms with Crippen molar-refractivity contribution in [1.82, 2.24) is 0 Å². The molecule has 2 aromatic rings. The Morgan fingerprint density at radius 3 is 2.33 bits per heavy atom. The first-order valence-electron chi connectivity index (χ1n) is 5.53. The summed E-state index contributed by atoms with van der Waals surface area (Å²) in [4.78, 5) is 13.7. The zero-order valence-corrected chi connectivity index (χ0v) is 12.1. The highest BCUT2D eigenvalue weighted by molar-refractivity contribution is 14.1. The normalized spacial score (nSPS) is 9.89. The van der Waals surface area contributed by atoms with Crippen LogP contribution in [0.5, 0.6) is 0 Å². The molecule has 0 saturated heterocycles. The molecule has 0 aliphatic rings. The van der Waals surface area contributed by atoms with Gasteiger partial charge in [0.15, 0.2) is 0 Å². The van der Waals surface area contributed by atoms with Gasteiger partial charge in [-0.05, 0) is 46.9 Å². The van der Waals surface area contributed by atoms with Gasteiger partial charge in [0, 0.05) is 16.3 Å². The third-order valence-corrected chi connectivity index (χ3v) is 3.46. The summed E-state index contributed by atoms with van der Waals surface area (Å²) in [7, 11) is 1.76. The smallest absolute Gasteiger partial charge is 0.308 e. The molecule has 0 aromatic heterocycles. The minimum absolute atomic E-state index is 0.148. The number of hydrogen-bond donors (Lipinski definition) is 1. The average molecular weight is 352 g/mol. The number of benzene rings is 2. The number of anilines is 2. The molecule has 1 N–H and O–H groups in total. The molecule has 2 rings (SSSR count). The van der Waals surface area contributed by atoms with E-state index in [0.29, 0.717) is 0 Å². The molecule has 0 spiro atoms. The van der Waals surface area contributed by atoms with Crippen LogP contribution in [0.15, 0.2) is 54.6 Å². The molecule has 0 atom stereocenters. The van der Waals surface area contributed by atoms with Crippen LogP contribution in [-0.4, -0.2) is 13.1 Å². The number of rotatable bonds is 2. The second-order valence-corrected chi connectivity index (χ2v) is 4.97. The van der Waals surface area contributed by atoms with Crippen LogP contribution in [-0.2, 0) is 0 Å². The van der Waals surface area contributed by atoms with Gasteiger partial charge >= 0.3 is 6.03 Å². The molecule has 18 heavy (non-hydrogen) atoms. The van der Waals surface area contributed by atoms with Crippen LogP contribution >= 0.6 is 22.6 Å². The van der Waals surface area contributed by atoms with Crippen LogP contribution in [0.4, 0.5) is 16.2 Å². The summed E-state index contributed by atoms with van der Waals surface area (Å²) in [6.07, 6.45) is 0. The summed E-state index contributed by atoms with van der Waals surface area (Å²) in [6, 6.07) is 17.0. The van der Waals surface area contributed by atoms with Crippen LogP contribution in [0.3, 0.4) is 0 Å². The minimum Gasteiger partial charge on any atom is -0.308 e. The van der Waals surface area contributed by atoms with Gasteiger partial charge in [0.25, 0.3) is 0 Å². The Labute approximate surface area is 120 Å². The van der Waals surface area contributed by atoms with E-state index < -0.39 is 0 Å². The van der Waals surface area contributed by atoms with Crippen LogP contribution in [0.1, 0.15) is 0 Å². The predicted molar refractivity (Wildman–Crippen MR) is 83.0 cm³/mol. The summed E-state index contributed by atoms with van der Waals surface area (Å²) >= 11 is 2.22. The van der Waals surface area contributed by atoms with E-state index in [-0.39, 0.29) is 6.03 Å². The summed E-state index contributed by atoms with van der Waals surface area (Å²) in [5.41, 5.74) is 1.69. The highest BCUT2D eigenvalue weighted by Gasteiger charge is 2.12. The lowest BCUT2D eigenvalue weighted by Crippen LogP contribution is -2.31. The van der Waals surface area contributed by atoms with E-state index in [2.05, 4.69) is 27.9 Å². The fourth-order valence-corrected chi connectivity index (χ4v) is 2.31. The van der Waals surface area contributed by atoms with Crippen molar-refractivity contribution < 1.29 is 4.79 Å². The third kappa shape index (κ3) is 3.01. The molecule has 0 bridgehead atoms. The molecule has 0 radical (unpaired) electrons. The topological polar surface area (TPSA) is 32.3 Å². The van der Waals surface area contributed by atoms with E-state index in [1.54, 1.807) is 11.9 Å². The number of carbonyl (C=O) groups excluding carboxylic acids is 1. The van der Waals surface area contributed by atoms with Crippen molar-refractivity contribution in [2.75, 3.05) is 17.3 Å². The van der Waals surface area contributed by atoms with Gasteiger partial charge < -0.3 is 5.32 Å². The molecule has 0 heterocycles. The first-order valence-corrected chi connectivity index (χ1v) is 6.60. The van der Waals surface area contributed by atoms with Crippen LogP contribution in [0, 0.1) is 3.57 Å². The van der Waals surface area contributed by atoms with E-state index >= 15 is 0 Å². The Bertz CT molecular complexity index is 543. The lowest BCUT2D eigenvalue weighted by Gasteiger charge is -2.19. The highest BCUT2D eigenvalue weighted by atomic mass is 127. The zero-order valence-electron chi connectivity index (χ0n) is 9.93. The SMILES string of the molecule is CN(C(=O)Nc1ccccc1)c1ccccc1I. The van der Waals surface area contributed by atoms with Crippen LogP contribution in [0.25, 0.3) is 0 Å². The van der Waals surface area contributed by atoms with Gasteiger partial charge in [0.2, 0.25) is 0 Å². The van der Waals surface area contributed by atoms with Gasteiger partial charge in [0.05, 0.1) is 5.69 Å². The number of nitrogens with one attached hydrogen (secondary N) is 1. The van der Waals surface area contributed by atoms with Crippen LogP contribution < -0.4 is 10.2 Å². The second kappa shape index (κ2) is 5.86.